The minimum Gasteiger partial charge on any atom is -0.312 e. The van der Waals surface area contributed by atoms with Crippen molar-refractivity contribution in [3.05, 3.63) is 98.4 Å². The van der Waals surface area contributed by atoms with Gasteiger partial charge >= 0.3 is 0 Å². The summed E-state index contributed by atoms with van der Waals surface area (Å²) < 4.78 is 3.51. The molecule has 0 radical (unpaired) electrons. The van der Waals surface area contributed by atoms with E-state index in [9.17, 15) is 9.59 Å². The highest BCUT2D eigenvalue weighted by Crippen LogP contribution is 2.14. The molecule has 0 N–H and O–H groups in total. The van der Waals surface area contributed by atoms with Gasteiger partial charge in [0.05, 0.1) is 6.54 Å². The van der Waals surface area contributed by atoms with Gasteiger partial charge in [-0.3, -0.25) is 14.0 Å². The molecular formula is C22H19ClN4O2. The Labute approximate surface area is 172 Å². The first-order valence-electron chi connectivity index (χ1n) is 9.30. The van der Waals surface area contributed by atoms with E-state index in [0.29, 0.717) is 35.0 Å². The average molecular weight is 407 g/mol. The van der Waals surface area contributed by atoms with Gasteiger partial charge in [-0.2, -0.15) is 0 Å². The molecule has 0 amide bonds. The first-order chi connectivity index (χ1) is 14.0. The molecule has 1 aromatic carbocycles. The second kappa shape index (κ2) is 7.64. The fraction of sp³-hybridized carbons (Fsp3) is 0.182. The van der Waals surface area contributed by atoms with E-state index >= 15 is 0 Å². The predicted octanol–water partition coefficient (Wildman–Crippen LogP) is 3.69. The highest BCUT2D eigenvalue weighted by molar-refractivity contribution is 6.29. The minimum atomic E-state index is -0.108. The van der Waals surface area contributed by atoms with Crippen LogP contribution in [0.15, 0.2) is 59.8 Å². The highest BCUT2D eigenvalue weighted by Gasteiger charge is 2.12. The zero-order chi connectivity index (χ0) is 20.5. The van der Waals surface area contributed by atoms with Gasteiger partial charge in [-0.15, -0.1) is 0 Å². The smallest absolute Gasteiger partial charge is 0.262 e. The topological polar surface area (TPSA) is 69.3 Å². The molecule has 0 aliphatic carbocycles. The summed E-state index contributed by atoms with van der Waals surface area (Å²) in [7, 11) is 0. The molecular weight excluding hydrogens is 388 g/mol. The van der Waals surface area contributed by atoms with Gasteiger partial charge in [0.25, 0.3) is 5.56 Å². The van der Waals surface area contributed by atoms with Gasteiger partial charge < -0.3 is 4.57 Å². The van der Waals surface area contributed by atoms with Gasteiger partial charge in [-0.1, -0.05) is 42.8 Å². The fourth-order valence-electron chi connectivity index (χ4n) is 3.38. The van der Waals surface area contributed by atoms with Crippen LogP contribution in [0.5, 0.6) is 0 Å². The Kier molecular flexibility index (Phi) is 5.03. The molecule has 3 aromatic heterocycles. The zero-order valence-electron chi connectivity index (χ0n) is 16.1. The molecule has 0 atom stereocenters. The SMILES string of the molecule is CCc1c(C)nc2n(Cc3ccc(C(=O)c4ccc(Cl)nc4)cc3)ccn2c1=O. The first kappa shape index (κ1) is 19.1. The van der Waals surface area contributed by atoms with Crippen LogP contribution in [0.3, 0.4) is 0 Å². The van der Waals surface area contributed by atoms with Crippen molar-refractivity contribution >= 4 is 23.2 Å². The van der Waals surface area contributed by atoms with E-state index < -0.39 is 0 Å². The maximum atomic E-state index is 12.6. The summed E-state index contributed by atoms with van der Waals surface area (Å²) in [6.45, 7) is 4.37. The Morgan fingerprint density at radius 2 is 1.79 bits per heavy atom. The van der Waals surface area contributed by atoms with Crippen molar-refractivity contribution in [2.75, 3.05) is 0 Å². The fourth-order valence-corrected chi connectivity index (χ4v) is 3.49. The molecule has 0 bridgehead atoms. The van der Waals surface area contributed by atoms with Crippen LogP contribution in [0.25, 0.3) is 5.78 Å². The molecule has 4 rings (SSSR count). The largest absolute Gasteiger partial charge is 0.312 e. The van der Waals surface area contributed by atoms with Crippen LogP contribution >= 0.6 is 11.6 Å². The van der Waals surface area contributed by atoms with Gasteiger partial charge in [0.15, 0.2) is 5.78 Å². The van der Waals surface area contributed by atoms with Crippen molar-refractivity contribution in [2.24, 2.45) is 0 Å². The number of imidazole rings is 1. The number of rotatable bonds is 5. The maximum Gasteiger partial charge on any atom is 0.262 e. The number of halogens is 1. The number of pyridine rings is 1. The minimum absolute atomic E-state index is 0.0220. The van der Waals surface area contributed by atoms with Gasteiger partial charge in [-0.05, 0) is 31.0 Å². The Balaban J connectivity index is 1.60. The number of carbonyl (C=O) groups is 1. The number of aryl methyl sites for hydroxylation is 1. The van der Waals surface area contributed by atoms with Crippen molar-refractivity contribution in [1.29, 1.82) is 0 Å². The number of aromatic nitrogens is 4. The quantitative estimate of drug-likeness (QED) is 0.374. The molecule has 6 nitrogen and oxygen atoms in total. The number of ketones is 1. The van der Waals surface area contributed by atoms with Crippen molar-refractivity contribution in [3.63, 3.8) is 0 Å². The number of nitrogens with zero attached hydrogens (tertiary/aromatic N) is 4. The van der Waals surface area contributed by atoms with E-state index in [-0.39, 0.29) is 11.3 Å². The summed E-state index contributed by atoms with van der Waals surface area (Å²) in [5.41, 5.74) is 3.54. The van der Waals surface area contributed by atoms with Crippen LogP contribution in [0, 0.1) is 6.92 Å². The molecule has 7 heteroatoms. The predicted molar refractivity (Wildman–Crippen MR) is 112 cm³/mol. The molecule has 4 aromatic rings. The summed E-state index contributed by atoms with van der Waals surface area (Å²) in [6, 6.07) is 10.6. The standard InChI is InChI=1S/C22H19ClN4O2/c1-3-18-14(2)25-22-26(10-11-27(22)21(18)29)13-15-4-6-16(7-5-15)20(28)17-8-9-19(23)24-12-17/h4-12H,3,13H2,1-2H3. The van der Waals surface area contributed by atoms with Crippen molar-refractivity contribution in [2.45, 2.75) is 26.8 Å². The molecule has 3 heterocycles. The highest BCUT2D eigenvalue weighted by atomic mass is 35.5. The van der Waals surface area contributed by atoms with Crippen LogP contribution in [-0.4, -0.2) is 24.7 Å². The third-order valence-corrected chi connectivity index (χ3v) is 5.19. The molecule has 0 fully saturated rings. The van der Waals surface area contributed by atoms with E-state index in [1.807, 2.05) is 36.7 Å². The van der Waals surface area contributed by atoms with E-state index in [1.165, 1.54) is 6.20 Å². The molecule has 29 heavy (non-hydrogen) atoms. The normalized spacial score (nSPS) is 11.1. The summed E-state index contributed by atoms with van der Waals surface area (Å²) in [5.74, 6) is 0.500. The summed E-state index contributed by atoms with van der Waals surface area (Å²) in [4.78, 5) is 33.7. The third-order valence-electron chi connectivity index (χ3n) is 4.96. The molecule has 0 spiro atoms. The Hall–Kier alpha value is -3.25. The Morgan fingerprint density at radius 3 is 2.45 bits per heavy atom. The molecule has 0 aliphatic heterocycles. The van der Waals surface area contributed by atoms with Crippen LogP contribution in [0.1, 0.15) is 39.7 Å². The Morgan fingerprint density at radius 1 is 1.07 bits per heavy atom. The summed E-state index contributed by atoms with van der Waals surface area (Å²) in [6.07, 6.45) is 5.72. The number of carbonyl (C=O) groups excluding carboxylic acids is 1. The Bertz CT molecular complexity index is 1260. The number of hydrogen-bond donors (Lipinski definition) is 0. The zero-order valence-corrected chi connectivity index (χ0v) is 16.8. The van der Waals surface area contributed by atoms with Gasteiger partial charge in [0.2, 0.25) is 5.78 Å². The lowest BCUT2D eigenvalue weighted by Crippen LogP contribution is -2.20. The van der Waals surface area contributed by atoms with Crippen molar-refractivity contribution in [3.8, 4) is 0 Å². The third kappa shape index (κ3) is 3.59. The van der Waals surface area contributed by atoms with Crippen LogP contribution in [0.4, 0.5) is 0 Å². The van der Waals surface area contributed by atoms with E-state index in [2.05, 4.69) is 9.97 Å². The van der Waals surface area contributed by atoms with Crippen LogP contribution < -0.4 is 5.56 Å². The monoisotopic (exact) mass is 406 g/mol. The van der Waals surface area contributed by atoms with E-state index in [4.69, 9.17) is 11.6 Å². The lowest BCUT2D eigenvalue weighted by atomic mass is 10.0. The molecule has 0 aliphatic rings. The van der Waals surface area contributed by atoms with Crippen LogP contribution in [0.2, 0.25) is 5.15 Å². The van der Waals surface area contributed by atoms with Gasteiger partial charge in [0.1, 0.15) is 5.15 Å². The molecule has 0 unspecified atom stereocenters. The van der Waals surface area contributed by atoms with E-state index in [0.717, 1.165) is 16.8 Å². The summed E-state index contributed by atoms with van der Waals surface area (Å²) >= 11 is 5.78. The van der Waals surface area contributed by atoms with Crippen molar-refractivity contribution in [1.82, 2.24) is 18.9 Å². The lowest BCUT2D eigenvalue weighted by Gasteiger charge is -2.08. The maximum absolute atomic E-state index is 12.6. The number of fused-ring (bicyclic) bond motifs is 1. The average Bonchev–Trinajstić information content (AvgIpc) is 3.11. The molecule has 0 saturated heterocycles. The summed E-state index contributed by atoms with van der Waals surface area (Å²) in [5, 5.41) is 0.352. The number of hydrogen-bond acceptors (Lipinski definition) is 4. The second-order valence-corrected chi connectivity index (χ2v) is 7.21. The van der Waals surface area contributed by atoms with Crippen molar-refractivity contribution < 1.29 is 4.79 Å². The number of benzene rings is 1. The van der Waals surface area contributed by atoms with Gasteiger partial charge in [0, 0.05) is 41.0 Å². The van der Waals surface area contributed by atoms with Crippen LogP contribution in [-0.2, 0) is 13.0 Å². The molecule has 146 valence electrons. The lowest BCUT2D eigenvalue weighted by molar-refractivity contribution is 0.103. The molecule has 0 saturated carbocycles. The second-order valence-electron chi connectivity index (χ2n) is 6.83. The van der Waals surface area contributed by atoms with Gasteiger partial charge in [-0.25, -0.2) is 9.97 Å². The van der Waals surface area contributed by atoms with E-state index in [1.54, 1.807) is 34.9 Å². The first-order valence-corrected chi connectivity index (χ1v) is 9.68.